The van der Waals surface area contributed by atoms with Gasteiger partial charge in [-0.2, -0.15) is 5.10 Å². The molecule has 0 unspecified atom stereocenters. The SMILES string of the molecule is CCOCc1ccccc1CNC(=NC)NCc1ccnn1C.I. The van der Waals surface area contributed by atoms with Crippen LogP contribution < -0.4 is 10.6 Å². The van der Waals surface area contributed by atoms with Gasteiger partial charge in [-0.1, -0.05) is 24.3 Å². The van der Waals surface area contributed by atoms with Crippen LogP contribution in [-0.4, -0.2) is 29.4 Å². The molecule has 0 atom stereocenters. The predicted octanol–water partition coefficient (Wildman–Crippen LogP) is 2.44. The number of hydrogen-bond donors (Lipinski definition) is 2. The van der Waals surface area contributed by atoms with Crippen molar-refractivity contribution in [3.8, 4) is 0 Å². The first-order chi connectivity index (χ1) is 11.2. The summed E-state index contributed by atoms with van der Waals surface area (Å²) in [6, 6.07) is 10.3. The van der Waals surface area contributed by atoms with Gasteiger partial charge in [-0.15, -0.1) is 24.0 Å². The van der Waals surface area contributed by atoms with Gasteiger partial charge in [-0.25, -0.2) is 0 Å². The molecule has 0 aliphatic rings. The van der Waals surface area contributed by atoms with Gasteiger partial charge in [0.05, 0.1) is 18.8 Å². The van der Waals surface area contributed by atoms with Crippen molar-refractivity contribution in [1.82, 2.24) is 20.4 Å². The fourth-order valence-electron chi connectivity index (χ4n) is 2.23. The quantitative estimate of drug-likeness (QED) is 0.392. The maximum absolute atomic E-state index is 5.52. The Balaban J connectivity index is 0.00000288. The fourth-order valence-corrected chi connectivity index (χ4v) is 2.23. The lowest BCUT2D eigenvalue weighted by Crippen LogP contribution is -2.37. The maximum Gasteiger partial charge on any atom is 0.191 e. The average molecular weight is 443 g/mol. The minimum absolute atomic E-state index is 0. The molecule has 0 spiro atoms. The van der Waals surface area contributed by atoms with Crippen molar-refractivity contribution in [2.45, 2.75) is 26.6 Å². The number of nitrogens with zero attached hydrogens (tertiary/aromatic N) is 3. The standard InChI is InChI=1S/C17H25N5O.HI/c1-4-23-13-15-8-6-5-7-14(15)11-19-17(18-2)20-12-16-9-10-21-22(16)3;/h5-10H,4,11-13H2,1-3H3,(H2,18,19,20);1H. The van der Waals surface area contributed by atoms with E-state index in [1.54, 1.807) is 13.2 Å². The fraction of sp³-hybridized carbons (Fsp3) is 0.412. The Morgan fingerprint density at radius 2 is 1.88 bits per heavy atom. The third kappa shape index (κ3) is 6.12. The summed E-state index contributed by atoms with van der Waals surface area (Å²) in [4.78, 5) is 4.26. The number of ether oxygens (including phenoxy) is 1. The lowest BCUT2D eigenvalue weighted by molar-refractivity contribution is 0.133. The number of guanidine groups is 1. The molecule has 0 radical (unpaired) electrons. The van der Waals surface area contributed by atoms with E-state index >= 15 is 0 Å². The van der Waals surface area contributed by atoms with Crippen LogP contribution in [0.1, 0.15) is 23.7 Å². The Kier molecular flexibility index (Phi) is 9.39. The molecule has 132 valence electrons. The number of benzene rings is 1. The van der Waals surface area contributed by atoms with E-state index in [0.717, 1.165) is 18.3 Å². The van der Waals surface area contributed by atoms with Gasteiger partial charge in [0.25, 0.3) is 0 Å². The summed E-state index contributed by atoms with van der Waals surface area (Å²) in [6.45, 7) is 4.74. The molecule has 1 aromatic carbocycles. The van der Waals surface area contributed by atoms with Crippen molar-refractivity contribution in [3.05, 3.63) is 53.3 Å². The number of aromatic nitrogens is 2. The van der Waals surface area contributed by atoms with Gasteiger partial charge in [0.2, 0.25) is 0 Å². The molecule has 0 aliphatic carbocycles. The third-order valence-electron chi connectivity index (χ3n) is 3.61. The first kappa shape index (κ1) is 20.4. The summed E-state index contributed by atoms with van der Waals surface area (Å²) in [6.07, 6.45) is 1.79. The molecule has 2 rings (SSSR count). The van der Waals surface area contributed by atoms with E-state index in [0.29, 0.717) is 19.7 Å². The molecule has 2 aromatic rings. The number of hydrogen-bond acceptors (Lipinski definition) is 3. The summed E-state index contributed by atoms with van der Waals surface area (Å²) >= 11 is 0. The normalized spacial score (nSPS) is 11.0. The molecular formula is C17H26IN5O. The Labute approximate surface area is 160 Å². The van der Waals surface area contributed by atoms with Gasteiger partial charge in [-0.3, -0.25) is 9.67 Å². The van der Waals surface area contributed by atoms with Crippen molar-refractivity contribution in [2.75, 3.05) is 13.7 Å². The molecule has 7 heteroatoms. The van der Waals surface area contributed by atoms with E-state index < -0.39 is 0 Å². The number of aliphatic imine (C=N–C) groups is 1. The van der Waals surface area contributed by atoms with Gasteiger partial charge in [0, 0.05) is 33.4 Å². The minimum atomic E-state index is 0. The molecule has 0 aliphatic heterocycles. The highest BCUT2D eigenvalue weighted by molar-refractivity contribution is 14.0. The number of aryl methyl sites for hydroxylation is 1. The molecule has 6 nitrogen and oxygen atoms in total. The molecule has 0 bridgehead atoms. The molecular weight excluding hydrogens is 417 g/mol. The monoisotopic (exact) mass is 443 g/mol. The summed E-state index contributed by atoms with van der Waals surface area (Å²) in [5, 5.41) is 10.8. The maximum atomic E-state index is 5.52. The van der Waals surface area contributed by atoms with Crippen LogP contribution in [0.4, 0.5) is 0 Å². The van der Waals surface area contributed by atoms with Crippen LogP contribution in [0.5, 0.6) is 0 Å². The van der Waals surface area contributed by atoms with E-state index in [9.17, 15) is 0 Å². The van der Waals surface area contributed by atoms with E-state index in [1.807, 2.05) is 36.9 Å². The van der Waals surface area contributed by atoms with Gasteiger partial charge >= 0.3 is 0 Å². The molecule has 0 saturated carbocycles. The van der Waals surface area contributed by atoms with Crippen LogP contribution in [0.2, 0.25) is 0 Å². The summed E-state index contributed by atoms with van der Waals surface area (Å²) < 4.78 is 7.36. The van der Waals surface area contributed by atoms with Crippen molar-refractivity contribution < 1.29 is 4.74 Å². The zero-order valence-corrected chi connectivity index (χ0v) is 16.8. The van der Waals surface area contributed by atoms with Crippen LogP contribution in [0.25, 0.3) is 0 Å². The number of nitrogens with one attached hydrogen (secondary N) is 2. The van der Waals surface area contributed by atoms with Gasteiger partial charge in [0.1, 0.15) is 0 Å². The second kappa shape index (κ2) is 11.0. The van der Waals surface area contributed by atoms with Gasteiger partial charge < -0.3 is 15.4 Å². The Morgan fingerprint density at radius 3 is 2.50 bits per heavy atom. The average Bonchev–Trinajstić information content (AvgIpc) is 2.99. The minimum Gasteiger partial charge on any atom is -0.377 e. The first-order valence-electron chi connectivity index (χ1n) is 7.80. The van der Waals surface area contributed by atoms with Crippen molar-refractivity contribution in [3.63, 3.8) is 0 Å². The number of rotatable bonds is 7. The Morgan fingerprint density at radius 1 is 1.17 bits per heavy atom. The summed E-state index contributed by atoms with van der Waals surface area (Å²) in [5.41, 5.74) is 3.51. The molecule has 0 fully saturated rings. The lowest BCUT2D eigenvalue weighted by atomic mass is 10.1. The molecule has 0 amide bonds. The lowest BCUT2D eigenvalue weighted by Gasteiger charge is -2.14. The Hall–Kier alpha value is -1.61. The first-order valence-corrected chi connectivity index (χ1v) is 7.80. The molecule has 2 N–H and O–H groups in total. The van der Waals surface area contributed by atoms with Gasteiger partial charge in [-0.05, 0) is 24.1 Å². The van der Waals surface area contributed by atoms with Crippen LogP contribution >= 0.6 is 24.0 Å². The highest BCUT2D eigenvalue weighted by Gasteiger charge is 2.04. The van der Waals surface area contributed by atoms with Crippen molar-refractivity contribution in [1.29, 1.82) is 0 Å². The van der Waals surface area contributed by atoms with E-state index in [1.165, 1.54) is 11.1 Å². The molecule has 1 aromatic heterocycles. The largest absolute Gasteiger partial charge is 0.377 e. The second-order valence-corrected chi connectivity index (χ2v) is 5.13. The van der Waals surface area contributed by atoms with Crippen molar-refractivity contribution in [2.24, 2.45) is 12.0 Å². The van der Waals surface area contributed by atoms with Crippen LogP contribution in [0.15, 0.2) is 41.5 Å². The summed E-state index contributed by atoms with van der Waals surface area (Å²) in [7, 11) is 3.70. The van der Waals surface area contributed by atoms with E-state index in [-0.39, 0.29) is 24.0 Å². The second-order valence-electron chi connectivity index (χ2n) is 5.13. The number of halogens is 1. The molecule has 24 heavy (non-hydrogen) atoms. The topological polar surface area (TPSA) is 63.5 Å². The van der Waals surface area contributed by atoms with Crippen molar-refractivity contribution >= 4 is 29.9 Å². The van der Waals surface area contributed by atoms with Gasteiger partial charge in [0.15, 0.2) is 5.96 Å². The smallest absolute Gasteiger partial charge is 0.191 e. The molecule has 0 saturated heterocycles. The van der Waals surface area contributed by atoms with E-state index in [4.69, 9.17) is 4.74 Å². The van der Waals surface area contributed by atoms with Crippen LogP contribution in [-0.2, 0) is 31.5 Å². The zero-order chi connectivity index (χ0) is 16.5. The third-order valence-corrected chi connectivity index (χ3v) is 3.61. The predicted molar refractivity (Wildman–Crippen MR) is 107 cm³/mol. The molecule has 1 heterocycles. The highest BCUT2D eigenvalue weighted by atomic mass is 127. The van der Waals surface area contributed by atoms with Crippen LogP contribution in [0, 0.1) is 0 Å². The van der Waals surface area contributed by atoms with E-state index in [2.05, 4.69) is 32.9 Å². The van der Waals surface area contributed by atoms with Crippen LogP contribution in [0.3, 0.4) is 0 Å². The zero-order valence-electron chi connectivity index (χ0n) is 14.5. The highest BCUT2D eigenvalue weighted by Crippen LogP contribution is 2.10. The summed E-state index contributed by atoms with van der Waals surface area (Å²) in [5.74, 6) is 0.761. The Bertz CT molecular complexity index is 641.